The first kappa shape index (κ1) is 20.5. The zero-order chi connectivity index (χ0) is 15.2. The Balaban J connectivity index is 0.000000364. The van der Waals surface area contributed by atoms with Gasteiger partial charge in [-0.3, -0.25) is 0 Å². The van der Waals surface area contributed by atoms with E-state index in [1.54, 1.807) is 12.1 Å². The van der Waals surface area contributed by atoms with Gasteiger partial charge in [-0.25, -0.2) is 0 Å². The van der Waals surface area contributed by atoms with Crippen LogP contribution < -0.4 is 30.2 Å². The maximum atomic E-state index is 10.3. The van der Waals surface area contributed by atoms with Crippen LogP contribution in [0.1, 0.15) is 0 Å². The van der Waals surface area contributed by atoms with Crippen molar-refractivity contribution in [1.29, 1.82) is 0 Å². The fraction of sp³-hybridized carbons (Fsp3) is 0. The molecule has 0 saturated heterocycles. The van der Waals surface area contributed by atoms with Gasteiger partial charge in [0, 0.05) is 0 Å². The van der Waals surface area contributed by atoms with E-state index in [0.717, 1.165) is 0 Å². The molecule has 2 aromatic carbocycles. The van der Waals surface area contributed by atoms with Crippen LogP contribution in [0, 0.1) is 0 Å². The molecule has 0 aliphatic carbocycles. The third-order valence-corrected chi connectivity index (χ3v) is 4.01. The number of rotatable bonds is 2. The molecule has 0 bridgehead atoms. The van der Waals surface area contributed by atoms with Crippen molar-refractivity contribution in [3.05, 3.63) is 60.7 Å². The van der Waals surface area contributed by atoms with Crippen molar-refractivity contribution in [3.8, 4) is 0 Å². The predicted octanol–water partition coefficient (Wildman–Crippen LogP) is -1.93. The summed E-state index contributed by atoms with van der Waals surface area (Å²) in [6.45, 7) is 0. The molecule has 0 atom stereocenters. The molecule has 0 spiro atoms. The van der Waals surface area contributed by atoms with Gasteiger partial charge in [0.05, 0.1) is 0 Å². The first-order chi connectivity index (χ1) is 9.21. The first-order valence-electron chi connectivity index (χ1n) is 5.36. The van der Waals surface area contributed by atoms with Crippen LogP contribution in [0.15, 0.2) is 60.7 Å². The molecule has 6 nitrogen and oxygen atoms in total. The molecular formula is C12H10O6P2Sn. The summed E-state index contributed by atoms with van der Waals surface area (Å²) in [5.74, 6) is 0. The maximum absolute atomic E-state index is 10.3. The van der Waals surface area contributed by atoms with Gasteiger partial charge in [-0.05, 0) is 25.8 Å². The molecule has 0 saturated carbocycles. The van der Waals surface area contributed by atoms with Crippen LogP contribution in [0.25, 0.3) is 0 Å². The summed E-state index contributed by atoms with van der Waals surface area (Å²) >= 11 is 0. The van der Waals surface area contributed by atoms with Gasteiger partial charge in [0.25, 0.3) is 0 Å². The van der Waals surface area contributed by atoms with Gasteiger partial charge in [-0.2, -0.15) is 0 Å². The Bertz CT molecular complexity index is 565. The molecule has 0 unspecified atom stereocenters. The number of benzene rings is 2. The van der Waals surface area contributed by atoms with E-state index < -0.39 is 15.2 Å². The minimum Gasteiger partial charge on any atom is -0.807 e. The monoisotopic (exact) mass is 432 g/mol. The summed E-state index contributed by atoms with van der Waals surface area (Å²) in [6.07, 6.45) is 0. The molecule has 9 heteroatoms. The van der Waals surface area contributed by atoms with Gasteiger partial charge in [0.15, 0.2) is 0 Å². The molecule has 0 N–H and O–H groups in total. The van der Waals surface area contributed by atoms with Gasteiger partial charge >= 0.3 is 23.9 Å². The summed E-state index contributed by atoms with van der Waals surface area (Å²) < 4.78 is 20.6. The minimum atomic E-state index is -4.52. The van der Waals surface area contributed by atoms with E-state index in [1.165, 1.54) is 48.5 Å². The third-order valence-electron chi connectivity index (χ3n) is 2.14. The van der Waals surface area contributed by atoms with E-state index in [0.29, 0.717) is 0 Å². The van der Waals surface area contributed by atoms with E-state index in [9.17, 15) is 28.7 Å². The molecule has 0 aliphatic rings. The largest absolute Gasteiger partial charge is 4.00 e. The van der Waals surface area contributed by atoms with Crippen molar-refractivity contribution in [2.45, 2.75) is 0 Å². The van der Waals surface area contributed by atoms with Crippen molar-refractivity contribution >= 4 is 49.7 Å². The molecular weight excluding hydrogens is 421 g/mol. The van der Waals surface area contributed by atoms with Gasteiger partial charge < -0.3 is 28.7 Å². The van der Waals surface area contributed by atoms with Gasteiger partial charge in [0.2, 0.25) is 0 Å². The molecule has 0 fully saturated rings. The summed E-state index contributed by atoms with van der Waals surface area (Å²) in [7, 11) is -9.04. The SMILES string of the molecule is O=P([O-])([O-])c1ccccc1.O=P([O-])([O-])c1ccccc1.[Sn+4]. The zero-order valence-corrected chi connectivity index (χ0v) is 15.3. The van der Waals surface area contributed by atoms with Crippen LogP contribution in [-0.4, -0.2) is 23.9 Å². The quantitative estimate of drug-likeness (QED) is 0.403. The van der Waals surface area contributed by atoms with Gasteiger partial charge in [-0.1, -0.05) is 60.7 Å². The van der Waals surface area contributed by atoms with Crippen LogP contribution in [0.3, 0.4) is 0 Å². The van der Waals surface area contributed by atoms with E-state index >= 15 is 0 Å². The van der Waals surface area contributed by atoms with Gasteiger partial charge in [0.1, 0.15) is 0 Å². The summed E-state index contributed by atoms with van der Waals surface area (Å²) in [6, 6.07) is 14.5. The smallest absolute Gasteiger partial charge is 0.807 e. The van der Waals surface area contributed by atoms with Crippen molar-refractivity contribution < 1.29 is 28.7 Å². The Hall–Kier alpha value is -0.461. The second kappa shape index (κ2) is 8.85. The van der Waals surface area contributed by atoms with E-state index in [-0.39, 0.29) is 34.5 Å². The second-order valence-electron chi connectivity index (χ2n) is 3.67. The molecule has 2 aromatic rings. The van der Waals surface area contributed by atoms with Crippen LogP contribution in [0.4, 0.5) is 0 Å². The standard InChI is InChI=1S/2C6H7O3P.Sn/c2*7-10(8,9)6-4-2-1-3-5-6;/h2*1-5H,(H2,7,8,9);/q;;+4/p-4. The topological polar surface area (TPSA) is 126 Å². The number of hydrogen-bond donors (Lipinski definition) is 0. The maximum Gasteiger partial charge on any atom is 4.00 e. The van der Waals surface area contributed by atoms with Crippen LogP contribution >= 0.6 is 15.2 Å². The summed E-state index contributed by atoms with van der Waals surface area (Å²) in [5, 5.41) is -0.315. The summed E-state index contributed by atoms with van der Waals surface area (Å²) in [5.41, 5.74) is 0. The molecule has 0 aliphatic heterocycles. The average Bonchev–Trinajstić information content (AvgIpc) is 2.40. The Morgan fingerprint density at radius 1 is 0.571 bits per heavy atom. The van der Waals surface area contributed by atoms with Crippen molar-refractivity contribution in [2.75, 3.05) is 0 Å². The predicted molar refractivity (Wildman–Crippen MR) is 73.1 cm³/mol. The molecule has 21 heavy (non-hydrogen) atoms. The van der Waals surface area contributed by atoms with E-state index in [4.69, 9.17) is 0 Å². The third kappa shape index (κ3) is 7.93. The minimum absolute atomic E-state index is 0. The number of hydrogen-bond acceptors (Lipinski definition) is 6. The van der Waals surface area contributed by atoms with Gasteiger partial charge in [-0.15, -0.1) is 0 Å². The average molecular weight is 431 g/mol. The Kier molecular flexibility index (Phi) is 8.66. The van der Waals surface area contributed by atoms with Crippen LogP contribution in [-0.2, 0) is 9.13 Å². The molecule has 2 rings (SSSR count). The zero-order valence-electron chi connectivity index (χ0n) is 10.6. The summed E-state index contributed by atoms with van der Waals surface area (Å²) in [4.78, 5) is 41.2. The molecule has 0 radical (unpaired) electrons. The van der Waals surface area contributed by atoms with Crippen molar-refractivity contribution in [2.24, 2.45) is 0 Å². The van der Waals surface area contributed by atoms with Crippen molar-refractivity contribution in [1.82, 2.24) is 0 Å². The van der Waals surface area contributed by atoms with E-state index in [1.807, 2.05) is 0 Å². The second-order valence-corrected chi connectivity index (χ2v) is 6.69. The van der Waals surface area contributed by atoms with E-state index in [2.05, 4.69) is 0 Å². The first-order valence-corrected chi connectivity index (χ1v) is 8.45. The Morgan fingerprint density at radius 3 is 0.952 bits per heavy atom. The fourth-order valence-corrected chi connectivity index (χ4v) is 2.30. The molecule has 0 heterocycles. The molecule has 108 valence electrons. The Morgan fingerprint density at radius 2 is 0.810 bits per heavy atom. The molecule has 0 amide bonds. The normalized spacial score (nSPS) is 10.9. The van der Waals surface area contributed by atoms with Crippen molar-refractivity contribution in [3.63, 3.8) is 0 Å². The fourth-order valence-electron chi connectivity index (χ4n) is 1.22. The molecule has 0 aromatic heterocycles. The Labute approximate surface area is 139 Å². The van der Waals surface area contributed by atoms with Crippen LogP contribution in [0.5, 0.6) is 0 Å². The van der Waals surface area contributed by atoms with Crippen LogP contribution in [0.2, 0.25) is 0 Å².